The smallest absolute Gasteiger partial charge is 0.337 e. The zero-order valence-electron chi connectivity index (χ0n) is 18.4. The summed E-state index contributed by atoms with van der Waals surface area (Å²) in [4.78, 5) is 19.7. The van der Waals surface area contributed by atoms with Gasteiger partial charge in [-0.15, -0.1) is 12.4 Å². The van der Waals surface area contributed by atoms with Crippen molar-refractivity contribution in [2.24, 2.45) is 22.9 Å². The first-order valence-electron chi connectivity index (χ1n) is 8.94. The fourth-order valence-electron chi connectivity index (χ4n) is 2.10. The number of carbonyl (C=O) groups excluding carboxylic acids is 1. The van der Waals surface area contributed by atoms with E-state index in [2.05, 4.69) is 24.9 Å². The number of nitrogens with zero attached hydrogens (tertiary/aromatic N) is 1. The molecule has 0 atom stereocenters. The highest BCUT2D eigenvalue weighted by Crippen LogP contribution is 2.49. The van der Waals surface area contributed by atoms with Gasteiger partial charge in [-0.2, -0.15) is 0 Å². The predicted molar refractivity (Wildman–Crippen MR) is 116 cm³/mol. The molecule has 2 fully saturated rings. The van der Waals surface area contributed by atoms with E-state index in [4.69, 9.17) is 13.9 Å². The number of hydrogen-bond donors (Lipinski definition) is 1. The first-order valence-corrected chi connectivity index (χ1v) is 12.4. The quantitative estimate of drug-likeness (QED) is 0.257. The Labute approximate surface area is 184 Å². The van der Waals surface area contributed by atoms with Crippen molar-refractivity contribution in [3.8, 4) is 0 Å². The minimum Gasteiger partial charge on any atom is -0.399 e. The second-order valence-electron chi connectivity index (χ2n) is 6.28. The number of carbonyl (C=O) groups is 1. The van der Waals surface area contributed by atoms with Crippen LogP contribution in [-0.4, -0.2) is 66.5 Å². The molecule has 0 bridgehead atoms. The molecule has 0 spiro atoms. The van der Waals surface area contributed by atoms with Gasteiger partial charge in [0.15, 0.2) is 0 Å². The van der Waals surface area contributed by atoms with Crippen molar-refractivity contribution in [3.05, 3.63) is 0 Å². The van der Waals surface area contributed by atoms with E-state index >= 15 is 0 Å². The SMILES string of the molecule is CO/N=C(\CP(=O)(OC)OC)C1CC1.CON.COP(=O)(CC(=O)C1CC1)OC.Cl. The van der Waals surface area contributed by atoms with Crippen LogP contribution >= 0.6 is 27.6 Å². The molecule has 2 saturated carbocycles. The van der Waals surface area contributed by atoms with E-state index in [1.54, 1.807) is 0 Å². The lowest BCUT2D eigenvalue weighted by Gasteiger charge is -2.13. The molecule has 0 aromatic heterocycles. The third-order valence-corrected chi connectivity index (χ3v) is 7.74. The summed E-state index contributed by atoms with van der Waals surface area (Å²) in [6.07, 6.45) is 4.15. The maximum atomic E-state index is 11.8. The Kier molecular flexibility index (Phi) is 17.3. The van der Waals surface area contributed by atoms with Crippen LogP contribution in [0.3, 0.4) is 0 Å². The Hall–Kier alpha value is -0.350. The van der Waals surface area contributed by atoms with Crippen LogP contribution in [0.25, 0.3) is 0 Å². The number of Topliss-reactive ketones (excluding diaryl/α,β-unsaturated/α-hetero) is 1. The van der Waals surface area contributed by atoms with Crippen molar-refractivity contribution in [3.63, 3.8) is 0 Å². The van der Waals surface area contributed by atoms with Crippen molar-refractivity contribution in [2.45, 2.75) is 25.7 Å². The molecule has 30 heavy (non-hydrogen) atoms. The van der Waals surface area contributed by atoms with Crippen molar-refractivity contribution in [1.82, 2.24) is 0 Å². The summed E-state index contributed by atoms with van der Waals surface area (Å²) < 4.78 is 42.2. The average molecular weight is 497 g/mol. The maximum Gasteiger partial charge on any atom is 0.337 e. The Morgan fingerprint density at radius 3 is 1.50 bits per heavy atom. The largest absolute Gasteiger partial charge is 0.399 e. The molecule has 2 aliphatic rings. The predicted octanol–water partition coefficient (Wildman–Crippen LogP) is 3.26. The normalized spacial score (nSPS) is 16.3. The molecule has 0 saturated heterocycles. The van der Waals surface area contributed by atoms with Gasteiger partial charge in [0.05, 0.1) is 19.0 Å². The van der Waals surface area contributed by atoms with E-state index in [0.717, 1.165) is 31.4 Å². The molecule has 14 heteroatoms. The maximum absolute atomic E-state index is 11.8. The Morgan fingerprint density at radius 2 is 1.20 bits per heavy atom. The molecule has 2 rings (SSSR count). The monoisotopic (exact) mass is 496 g/mol. The Bertz CT molecular complexity index is 598. The van der Waals surface area contributed by atoms with Gasteiger partial charge in [0.25, 0.3) is 0 Å². The minimum atomic E-state index is -3.10. The molecule has 0 aliphatic heterocycles. The lowest BCUT2D eigenvalue weighted by Crippen LogP contribution is -2.10. The van der Waals surface area contributed by atoms with Crippen LogP contribution in [0.4, 0.5) is 0 Å². The average Bonchev–Trinajstić information content (AvgIpc) is 3.61. The van der Waals surface area contributed by atoms with Gasteiger partial charge in [-0.3, -0.25) is 13.9 Å². The minimum absolute atomic E-state index is 0. The van der Waals surface area contributed by atoms with Crippen LogP contribution in [0, 0.1) is 11.8 Å². The first kappa shape index (κ1) is 31.8. The van der Waals surface area contributed by atoms with E-state index in [9.17, 15) is 13.9 Å². The summed E-state index contributed by atoms with van der Waals surface area (Å²) in [5.41, 5.74) is 0.777. The number of ketones is 1. The molecular weight excluding hydrogens is 462 g/mol. The van der Waals surface area contributed by atoms with Crippen LogP contribution in [0.5, 0.6) is 0 Å². The molecule has 0 aromatic carbocycles. The Morgan fingerprint density at radius 1 is 0.833 bits per heavy atom. The summed E-state index contributed by atoms with van der Waals surface area (Å²) in [7, 11) is 2.13. The lowest BCUT2D eigenvalue weighted by atomic mass is 10.3. The molecule has 0 heterocycles. The Balaban J connectivity index is 0. The van der Waals surface area contributed by atoms with Gasteiger partial charge < -0.3 is 27.8 Å². The van der Waals surface area contributed by atoms with Gasteiger partial charge in [0, 0.05) is 40.3 Å². The van der Waals surface area contributed by atoms with E-state index in [-0.39, 0.29) is 36.4 Å². The zero-order chi connectivity index (χ0) is 22.5. The van der Waals surface area contributed by atoms with Gasteiger partial charge in [-0.25, -0.2) is 5.90 Å². The summed E-state index contributed by atoms with van der Waals surface area (Å²) in [5.74, 6) is 4.86. The number of nitrogens with two attached hydrogens (primary N) is 1. The fraction of sp³-hybridized carbons (Fsp3) is 0.875. The van der Waals surface area contributed by atoms with Crippen LogP contribution in [0.2, 0.25) is 0 Å². The first-order chi connectivity index (χ1) is 13.7. The third kappa shape index (κ3) is 13.1. The number of halogens is 1. The van der Waals surface area contributed by atoms with Crippen molar-refractivity contribution >= 4 is 39.1 Å². The van der Waals surface area contributed by atoms with Crippen molar-refractivity contribution in [1.29, 1.82) is 0 Å². The molecule has 0 unspecified atom stereocenters. The number of hydrogen-bond acceptors (Lipinski definition) is 11. The molecular formula is C16H35ClN2O9P2. The van der Waals surface area contributed by atoms with Gasteiger partial charge >= 0.3 is 15.2 Å². The lowest BCUT2D eigenvalue weighted by molar-refractivity contribution is -0.118. The second kappa shape index (κ2) is 16.3. The van der Waals surface area contributed by atoms with E-state index < -0.39 is 15.2 Å². The highest BCUT2D eigenvalue weighted by atomic mass is 35.5. The summed E-state index contributed by atoms with van der Waals surface area (Å²) in [6, 6.07) is 0. The molecule has 11 nitrogen and oxygen atoms in total. The molecule has 2 N–H and O–H groups in total. The highest BCUT2D eigenvalue weighted by molar-refractivity contribution is 7.55. The fourth-order valence-corrected chi connectivity index (χ4v) is 4.26. The van der Waals surface area contributed by atoms with Gasteiger partial charge in [0.1, 0.15) is 19.1 Å². The standard InChI is InChI=1S/C8H16NO4P.C7H13O4P.CH5NO.ClH/c1-11-9-8(7-4-5-7)6-14(10,12-2)13-3;1-10-12(9,11-2)5-7(8)6-3-4-6;1-3-2;/h7H,4-6H2,1-3H3;6H,3-5H2,1-2H3;2H2,1H3;1H/b9-8+;;;. The van der Waals surface area contributed by atoms with Gasteiger partial charge in [-0.1, -0.05) is 5.16 Å². The molecule has 0 aromatic rings. The van der Waals surface area contributed by atoms with Crippen molar-refractivity contribution in [2.75, 3.05) is 55.0 Å². The van der Waals surface area contributed by atoms with Gasteiger partial charge in [0.2, 0.25) is 0 Å². The molecule has 2 aliphatic carbocycles. The van der Waals surface area contributed by atoms with Crippen molar-refractivity contribution < 1.29 is 41.7 Å². The van der Waals surface area contributed by atoms with Crippen LogP contribution in [0.15, 0.2) is 5.16 Å². The van der Waals surface area contributed by atoms with E-state index in [1.807, 2.05) is 0 Å². The number of rotatable bonds is 11. The van der Waals surface area contributed by atoms with E-state index in [1.165, 1.54) is 42.7 Å². The van der Waals surface area contributed by atoms with Crippen LogP contribution in [0.1, 0.15) is 25.7 Å². The zero-order valence-corrected chi connectivity index (χ0v) is 21.0. The molecule has 0 amide bonds. The summed E-state index contributed by atoms with van der Waals surface area (Å²) in [6.45, 7) is 0. The van der Waals surface area contributed by atoms with Crippen LogP contribution < -0.4 is 5.90 Å². The summed E-state index contributed by atoms with van der Waals surface area (Å²) >= 11 is 0. The molecule has 0 radical (unpaired) electrons. The second-order valence-corrected chi connectivity index (χ2v) is 10.8. The van der Waals surface area contributed by atoms with Crippen LogP contribution in [-0.2, 0) is 41.7 Å². The van der Waals surface area contributed by atoms with E-state index in [0.29, 0.717) is 5.92 Å². The topological polar surface area (TPSA) is 145 Å². The third-order valence-electron chi connectivity index (χ3n) is 4.11. The number of oxime groups is 1. The highest BCUT2D eigenvalue weighted by Gasteiger charge is 2.36. The summed E-state index contributed by atoms with van der Waals surface area (Å²) in [5, 5.41) is 3.85. The molecule has 180 valence electrons. The van der Waals surface area contributed by atoms with Gasteiger partial charge in [-0.05, 0) is 25.7 Å².